The van der Waals surface area contributed by atoms with Gasteiger partial charge >= 0.3 is 0 Å². The van der Waals surface area contributed by atoms with E-state index in [2.05, 4.69) is 14.9 Å². The number of nitrogens with one attached hydrogen (secondary N) is 2. The molecule has 0 atom stereocenters. The number of carbonyl (C=O) groups is 2. The summed E-state index contributed by atoms with van der Waals surface area (Å²) in [5, 5.41) is 6.34. The molecule has 0 radical (unpaired) electrons. The number of piperidine rings is 1. The standard InChI is InChI=1S/C15H19N3O2S/c1-11(19)12-2-4-13(5-3-12)21-18-8-6-15(7-9-18)16-10-14(20)17-15/h2-5,16H,6-10H2,1H3,(H,17,20). The van der Waals surface area contributed by atoms with E-state index >= 15 is 0 Å². The lowest BCUT2D eigenvalue weighted by Gasteiger charge is -2.38. The molecule has 0 unspecified atom stereocenters. The number of hydrogen-bond acceptors (Lipinski definition) is 5. The van der Waals surface area contributed by atoms with Crippen LogP contribution in [0.1, 0.15) is 30.1 Å². The van der Waals surface area contributed by atoms with Crippen molar-refractivity contribution in [1.82, 2.24) is 14.9 Å². The number of nitrogens with zero attached hydrogens (tertiary/aromatic N) is 1. The van der Waals surface area contributed by atoms with Crippen molar-refractivity contribution in [2.24, 2.45) is 0 Å². The van der Waals surface area contributed by atoms with Gasteiger partial charge in [-0.15, -0.1) is 0 Å². The Kier molecular flexibility index (Phi) is 4.01. The summed E-state index contributed by atoms with van der Waals surface area (Å²) >= 11 is 1.71. The molecule has 0 aromatic heterocycles. The summed E-state index contributed by atoms with van der Waals surface area (Å²) in [5.41, 5.74) is 0.557. The Hall–Kier alpha value is -1.37. The first-order valence-corrected chi connectivity index (χ1v) is 7.94. The number of rotatable bonds is 3. The molecule has 2 heterocycles. The summed E-state index contributed by atoms with van der Waals surface area (Å²) < 4.78 is 2.31. The van der Waals surface area contributed by atoms with Crippen molar-refractivity contribution in [3.8, 4) is 0 Å². The van der Waals surface area contributed by atoms with Gasteiger partial charge < -0.3 is 5.32 Å². The van der Waals surface area contributed by atoms with E-state index in [9.17, 15) is 9.59 Å². The average Bonchev–Trinajstić information content (AvgIpc) is 2.83. The maximum absolute atomic E-state index is 11.4. The first kappa shape index (κ1) is 14.6. The van der Waals surface area contributed by atoms with Gasteiger partial charge in [-0.05, 0) is 43.8 Å². The van der Waals surface area contributed by atoms with Crippen molar-refractivity contribution in [3.63, 3.8) is 0 Å². The molecule has 1 aromatic rings. The molecule has 0 saturated carbocycles. The molecule has 0 bridgehead atoms. The fourth-order valence-electron chi connectivity index (χ4n) is 2.77. The number of ketones is 1. The van der Waals surface area contributed by atoms with Crippen molar-refractivity contribution in [3.05, 3.63) is 29.8 Å². The molecule has 1 spiro atoms. The third kappa shape index (κ3) is 3.28. The second kappa shape index (κ2) is 5.79. The number of benzene rings is 1. The SMILES string of the molecule is CC(=O)c1ccc(SN2CCC3(CC2)NCC(=O)N3)cc1. The smallest absolute Gasteiger partial charge is 0.235 e. The van der Waals surface area contributed by atoms with Crippen molar-refractivity contribution in [2.45, 2.75) is 30.3 Å². The van der Waals surface area contributed by atoms with Crippen LogP contribution >= 0.6 is 11.9 Å². The van der Waals surface area contributed by atoms with Crippen LogP contribution in [0.25, 0.3) is 0 Å². The highest BCUT2D eigenvalue weighted by Crippen LogP contribution is 2.30. The van der Waals surface area contributed by atoms with E-state index in [1.54, 1.807) is 18.9 Å². The molecular weight excluding hydrogens is 286 g/mol. The van der Waals surface area contributed by atoms with Gasteiger partial charge in [0.2, 0.25) is 5.91 Å². The Morgan fingerprint density at radius 2 is 1.90 bits per heavy atom. The molecule has 0 aliphatic carbocycles. The van der Waals surface area contributed by atoms with Gasteiger partial charge in [0.1, 0.15) is 0 Å². The van der Waals surface area contributed by atoms with Crippen LogP contribution < -0.4 is 10.6 Å². The minimum absolute atomic E-state index is 0.0921. The Morgan fingerprint density at radius 3 is 2.43 bits per heavy atom. The van der Waals surface area contributed by atoms with Crippen molar-refractivity contribution < 1.29 is 9.59 Å². The van der Waals surface area contributed by atoms with Crippen LogP contribution in [0.15, 0.2) is 29.2 Å². The fourth-order valence-corrected chi connectivity index (χ4v) is 3.69. The minimum atomic E-state index is -0.188. The molecule has 2 saturated heterocycles. The molecule has 2 aliphatic rings. The van der Waals surface area contributed by atoms with E-state index in [0.717, 1.165) is 36.4 Å². The number of amides is 1. The van der Waals surface area contributed by atoms with Crippen LogP contribution in [-0.2, 0) is 4.79 Å². The highest BCUT2D eigenvalue weighted by molar-refractivity contribution is 7.97. The van der Waals surface area contributed by atoms with Gasteiger partial charge in [-0.3, -0.25) is 14.9 Å². The monoisotopic (exact) mass is 305 g/mol. The maximum atomic E-state index is 11.4. The van der Waals surface area contributed by atoms with Gasteiger partial charge in [0, 0.05) is 23.5 Å². The second-order valence-corrected chi connectivity index (χ2v) is 6.76. The van der Waals surface area contributed by atoms with Crippen LogP contribution in [0.2, 0.25) is 0 Å². The van der Waals surface area contributed by atoms with Gasteiger partial charge in [0.15, 0.2) is 5.78 Å². The second-order valence-electron chi connectivity index (χ2n) is 5.58. The Morgan fingerprint density at radius 1 is 1.24 bits per heavy atom. The van der Waals surface area contributed by atoms with E-state index in [-0.39, 0.29) is 17.4 Å². The lowest BCUT2D eigenvalue weighted by molar-refractivity contribution is -0.119. The maximum Gasteiger partial charge on any atom is 0.235 e. The van der Waals surface area contributed by atoms with Gasteiger partial charge in [0.05, 0.1) is 12.2 Å². The molecule has 2 fully saturated rings. The summed E-state index contributed by atoms with van der Waals surface area (Å²) in [6.45, 7) is 3.85. The zero-order chi connectivity index (χ0) is 14.9. The van der Waals surface area contributed by atoms with Crippen LogP contribution in [-0.4, -0.2) is 41.3 Å². The van der Waals surface area contributed by atoms with E-state index in [1.165, 1.54) is 0 Å². The largest absolute Gasteiger partial charge is 0.337 e. The summed E-state index contributed by atoms with van der Waals surface area (Å²) in [6, 6.07) is 7.71. The van der Waals surface area contributed by atoms with Gasteiger partial charge in [0.25, 0.3) is 0 Å². The lowest BCUT2D eigenvalue weighted by atomic mass is 9.99. The number of carbonyl (C=O) groups excluding carboxylic acids is 2. The van der Waals surface area contributed by atoms with Crippen molar-refractivity contribution in [1.29, 1.82) is 0 Å². The normalized spacial score (nSPS) is 21.5. The van der Waals surface area contributed by atoms with Gasteiger partial charge in [-0.1, -0.05) is 12.1 Å². The third-order valence-corrected chi connectivity index (χ3v) is 5.14. The molecule has 112 valence electrons. The van der Waals surface area contributed by atoms with E-state index in [1.807, 2.05) is 24.3 Å². The van der Waals surface area contributed by atoms with Crippen LogP contribution in [0.4, 0.5) is 0 Å². The Balaban J connectivity index is 1.55. The highest BCUT2D eigenvalue weighted by Gasteiger charge is 2.39. The highest BCUT2D eigenvalue weighted by atomic mass is 32.2. The first-order valence-electron chi connectivity index (χ1n) is 7.16. The molecule has 1 aromatic carbocycles. The number of hydrogen-bond donors (Lipinski definition) is 2. The molecule has 1 amide bonds. The Bertz CT molecular complexity index is 551. The molecule has 2 aliphatic heterocycles. The topological polar surface area (TPSA) is 61.4 Å². The van der Waals surface area contributed by atoms with Crippen LogP contribution in [0, 0.1) is 0 Å². The minimum Gasteiger partial charge on any atom is -0.337 e. The predicted molar refractivity (Wildman–Crippen MR) is 82.0 cm³/mol. The fraction of sp³-hybridized carbons (Fsp3) is 0.467. The van der Waals surface area contributed by atoms with E-state index in [4.69, 9.17) is 0 Å². The molecule has 2 N–H and O–H groups in total. The lowest BCUT2D eigenvalue weighted by Crippen LogP contribution is -2.55. The quantitative estimate of drug-likeness (QED) is 0.653. The summed E-state index contributed by atoms with van der Waals surface area (Å²) in [6.07, 6.45) is 1.83. The first-order chi connectivity index (χ1) is 10.1. The zero-order valence-corrected chi connectivity index (χ0v) is 12.8. The molecule has 21 heavy (non-hydrogen) atoms. The Labute approximate surface area is 128 Å². The van der Waals surface area contributed by atoms with Crippen molar-refractivity contribution in [2.75, 3.05) is 19.6 Å². The summed E-state index contributed by atoms with van der Waals surface area (Å²) in [5.74, 6) is 0.186. The van der Waals surface area contributed by atoms with Gasteiger partial charge in [-0.25, -0.2) is 4.31 Å². The van der Waals surface area contributed by atoms with E-state index in [0.29, 0.717) is 6.54 Å². The molecule has 3 rings (SSSR count). The summed E-state index contributed by atoms with van der Waals surface area (Å²) in [4.78, 5) is 23.8. The zero-order valence-electron chi connectivity index (χ0n) is 12.0. The average molecular weight is 305 g/mol. The van der Waals surface area contributed by atoms with Crippen LogP contribution in [0.3, 0.4) is 0 Å². The van der Waals surface area contributed by atoms with Crippen LogP contribution in [0.5, 0.6) is 0 Å². The van der Waals surface area contributed by atoms with Crippen molar-refractivity contribution >= 4 is 23.6 Å². The van der Waals surface area contributed by atoms with Gasteiger partial charge in [-0.2, -0.15) is 0 Å². The van der Waals surface area contributed by atoms with E-state index < -0.39 is 0 Å². The molecule has 6 heteroatoms. The summed E-state index contributed by atoms with van der Waals surface area (Å²) in [7, 11) is 0. The molecule has 5 nitrogen and oxygen atoms in total. The molecular formula is C15H19N3O2S. The third-order valence-electron chi connectivity index (χ3n) is 4.04. The number of Topliss-reactive ketones (excluding diaryl/α,β-unsaturated/α-hetero) is 1. The predicted octanol–water partition coefficient (Wildman–Crippen LogP) is 1.41.